The fraction of sp³-hybridized carbons (Fsp3) is 0.500. The van der Waals surface area contributed by atoms with E-state index < -0.39 is 5.97 Å². The zero-order chi connectivity index (χ0) is 15.8. The predicted molar refractivity (Wildman–Crippen MR) is 82.9 cm³/mol. The van der Waals surface area contributed by atoms with Crippen molar-refractivity contribution in [2.24, 2.45) is 0 Å². The van der Waals surface area contributed by atoms with Gasteiger partial charge >= 0.3 is 5.97 Å². The van der Waals surface area contributed by atoms with Crippen LogP contribution >= 0.6 is 0 Å². The summed E-state index contributed by atoms with van der Waals surface area (Å²) in [6.07, 6.45) is 2.55. The Labute approximate surface area is 130 Å². The first-order valence-corrected chi connectivity index (χ1v) is 7.50. The van der Waals surface area contributed by atoms with Gasteiger partial charge in [-0.25, -0.2) is 4.79 Å². The minimum absolute atomic E-state index is 0.0291. The highest BCUT2D eigenvalue weighted by molar-refractivity contribution is 5.95. The van der Waals surface area contributed by atoms with E-state index in [2.05, 4.69) is 10.6 Å². The summed E-state index contributed by atoms with van der Waals surface area (Å²) in [7, 11) is 1.34. The van der Waals surface area contributed by atoms with Crippen molar-refractivity contribution in [2.45, 2.75) is 25.4 Å². The van der Waals surface area contributed by atoms with Gasteiger partial charge in [-0.2, -0.15) is 0 Å². The number of nitrogens with one attached hydrogen (secondary N) is 2. The van der Waals surface area contributed by atoms with Gasteiger partial charge in [-0.3, -0.25) is 4.79 Å². The van der Waals surface area contributed by atoms with E-state index >= 15 is 0 Å². The van der Waals surface area contributed by atoms with Crippen LogP contribution in [0.25, 0.3) is 0 Å². The molecule has 1 aliphatic heterocycles. The molecule has 2 N–H and O–H groups in total. The molecule has 2 rings (SSSR count). The molecule has 1 amide bonds. The number of anilines is 1. The van der Waals surface area contributed by atoms with E-state index in [0.29, 0.717) is 30.8 Å². The highest BCUT2D eigenvalue weighted by atomic mass is 16.5. The maximum Gasteiger partial charge on any atom is 0.339 e. The first-order valence-electron chi connectivity index (χ1n) is 7.50. The van der Waals surface area contributed by atoms with E-state index in [0.717, 1.165) is 19.4 Å². The SMILES string of the molecule is COC(=O)c1ccccc1NCCC(=O)NCC1CCCO1. The largest absolute Gasteiger partial charge is 0.465 e. The van der Waals surface area contributed by atoms with Crippen LogP contribution in [0.5, 0.6) is 0 Å². The number of benzene rings is 1. The molecule has 0 bridgehead atoms. The first-order chi connectivity index (χ1) is 10.7. The van der Waals surface area contributed by atoms with Gasteiger partial charge in [0.15, 0.2) is 0 Å². The number of amides is 1. The van der Waals surface area contributed by atoms with E-state index in [9.17, 15) is 9.59 Å². The lowest BCUT2D eigenvalue weighted by molar-refractivity contribution is -0.121. The van der Waals surface area contributed by atoms with Crippen molar-refractivity contribution in [2.75, 3.05) is 32.1 Å². The molecule has 120 valence electrons. The van der Waals surface area contributed by atoms with Crippen LogP contribution in [0.3, 0.4) is 0 Å². The third kappa shape index (κ3) is 4.73. The molecule has 0 aromatic heterocycles. The summed E-state index contributed by atoms with van der Waals surface area (Å²) in [4.78, 5) is 23.4. The van der Waals surface area contributed by atoms with E-state index in [1.807, 2.05) is 6.07 Å². The molecule has 0 aliphatic carbocycles. The highest BCUT2D eigenvalue weighted by Crippen LogP contribution is 2.15. The quantitative estimate of drug-likeness (QED) is 0.748. The number of carbonyl (C=O) groups is 2. The number of rotatable bonds is 7. The number of methoxy groups -OCH3 is 1. The molecule has 1 fully saturated rings. The van der Waals surface area contributed by atoms with Gasteiger partial charge in [-0.1, -0.05) is 12.1 Å². The number of carbonyl (C=O) groups excluding carboxylic acids is 2. The molecule has 1 aromatic carbocycles. The van der Waals surface area contributed by atoms with Crippen molar-refractivity contribution in [1.29, 1.82) is 0 Å². The number of para-hydroxylation sites is 1. The molecular formula is C16H22N2O4. The third-order valence-corrected chi connectivity index (χ3v) is 3.55. The Morgan fingerprint density at radius 3 is 2.91 bits per heavy atom. The molecule has 1 unspecified atom stereocenters. The smallest absolute Gasteiger partial charge is 0.339 e. The van der Waals surface area contributed by atoms with E-state index in [4.69, 9.17) is 9.47 Å². The van der Waals surface area contributed by atoms with Crippen LogP contribution in [0.4, 0.5) is 5.69 Å². The predicted octanol–water partition coefficient (Wildman–Crippen LogP) is 1.57. The summed E-state index contributed by atoms with van der Waals surface area (Å²) >= 11 is 0. The molecule has 1 heterocycles. The Kier molecular flexibility index (Phi) is 6.21. The lowest BCUT2D eigenvalue weighted by Gasteiger charge is -2.12. The van der Waals surface area contributed by atoms with Crippen molar-refractivity contribution >= 4 is 17.6 Å². The van der Waals surface area contributed by atoms with Crippen LogP contribution in [0.15, 0.2) is 24.3 Å². The van der Waals surface area contributed by atoms with Crippen molar-refractivity contribution in [1.82, 2.24) is 5.32 Å². The van der Waals surface area contributed by atoms with Gasteiger partial charge in [0.25, 0.3) is 0 Å². The van der Waals surface area contributed by atoms with Crippen LogP contribution in [-0.4, -0.2) is 44.8 Å². The topological polar surface area (TPSA) is 76.7 Å². The summed E-state index contributed by atoms with van der Waals surface area (Å²) in [6, 6.07) is 7.07. The fourth-order valence-corrected chi connectivity index (χ4v) is 2.36. The number of hydrogen-bond acceptors (Lipinski definition) is 5. The second-order valence-electron chi connectivity index (χ2n) is 5.15. The van der Waals surface area contributed by atoms with Gasteiger partial charge in [-0.15, -0.1) is 0 Å². The lowest BCUT2D eigenvalue weighted by Crippen LogP contribution is -2.32. The van der Waals surface area contributed by atoms with E-state index in [1.165, 1.54) is 7.11 Å². The Balaban J connectivity index is 1.73. The lowest BCUT2D eigenvalue weighted by atomic mass is 10.1. The van der Waals surface area contributed by atoms with Gasteiger partial charge in [0, 0.05) is 31.8 Å². The summed E-state index contributed by atoms with van der Waals surface area (Å²) < 4.78 is 10.2. The van der Waals surface area contributed by atoms with Crippen molar-refractivity contribution in [3.05, 3.63) is 29.8 Å². The molecule has 0 radical (unpaired) electrons. The summed E-state index contributed by atoms with van der Waals surface area (Å²) in [5.41, 5.74) is 1.13. The molecule has 6 nitrogen and oxygen atoms in total. The van der Waals surface area contributed by atoms with Crippen LogP contribution in [-0.2, 0) is 14.3 Å². The van der Waals surface area contributed by atoms with Crippen LogP contribution in [0.1, 0.15) is 29.6 Å². The average molecular weight is 306 g/mol. The molecule has 0 spiro atoms. The van der Waals surface area contributed by atoms with Crippen molar-refractivity contribution < 1.29 is 19.1 Å². The second-order valence-corrected chi connectivity index (χ2v) is 5.15. The van der Waals surface area contributed by atoms with E-state index in [-0.39, 0.29) is 12.0 Å². The Morgan fingerprint density at radius 2 is 2.18 bits per heavy atom. The monoisotopic (exact) mass is 306 g/mol. The van der Waals surface area contributed by atoms with E-state index in [1.54, 1.807) is 18.2 Å². The molecule has 0 saturated carbocycles. The van der Waals surface area contributed by atoms with Gasteiger partial charge in [0.05, 0.1) is 18.8 Å². The normalized spacial score (nSPS) is 17.0. The fourth-order valence-electron chi connectivity index (χ4n) is 2.36. The Morgan fingerprint density at radius 1 is 1.36 bits per heavy atom. The van der Waals surface area contributed by atoms with Gasteiger partial charge < -0.3 is 20.1 Å². The molecule has 6 heteroatoms. The molecule has 1 saturated heterocycles. The highest BCUT2D eigenvalue weighted by Gasteiger charge is 2.16. The van der Waals surface area contributed by atoms with Crippen LogP contribution in [0, 0.1) is 0 Å². The van der Waals surface area contributed by atoms with Crippen molar-refractivity contribution in [3.63, 3.8) is 0 Å². The average Bonchev–Trinajstić information content (AvgIpc) is 3.06. The summed E-state index contributed by atoms with van der Waals surface area (Å²) in [6.45, 7) is 1.80. The Hall–Kier alpha value is -2.08. The molecule has 1 aliphatic rings. The molecule has 1 atom stereocenters. The zero-order valence-corrected chi connectivity index (χ0v) is 12.8. The van der Waals surface area contributed by atoms with Gasteiger partial charge in [0.1, 0.15) is 0 Å². The number of esters is 1. The first kappa shape index (κ1) is 16.3. The molecular weight excluding hydrogens is 284 g/mol. The number of ether oxygens (including phenoxy) is 2. The van der Waals surface area contributed by atoms with Gasteiger partial charge in [0.2, 0.25) is 5.91 Å². The van der Waals surface area contributed by atoms with Crippen molar-refractivity contribution in [3.8, 4) is 0 Å². The zero-order valence-electron chi connectivity index (χ0n) is 12.8. The minimum atomic E-state index is -0.397. The molecule has 22 heavy (non-hydrogen) atoms. The maximum atomic E-state index is 11.8. The third-order valence-electron chi connectivity index (χ3n) is 3.55. The van der Waals surface area contributed by atoms with Gasteiger partial charge in [-0.05, 0) is 25.0 Å². The number of hydrogen-bond donors (Lipinski definition) is 2. The standard InChI is InChI=1S/C16H22N2O4/c1-21-16(20)13-6-2-3-7-14(13)17-9-8-15(19)18-11-12-5-4-10-22-12/h2-3,6-7,12,17H,4-5,8-11H2,1H3,(H,18,19). The van der Waals surface area contributed by atoms with Crippen LogP contribution in [0.2, 0.25) is 0 Å². The molecule has 1 aromatic rings. The minimum Gasteiger partial charge on any atom is -0.465 e. The second kappa shape index (κ2) is 8.38. The Bertz CT molecular complexity index is 513. The summed E-state index contributed by atoms with van der Waals surface area (Å²) in [5, 5.41) is 5.96. The summed E-state index contributed by atoms with van der Waals surface area (Å²) in [5.74, 6) is -0.426. The van der Waals surface area contributed by atoms with Crippen LogP contribution < -0.4 is 10.6 Å². The maximum absolute atomic E-state index is 11.8.